The Hall–Kier alpha value is -1.32. The highest BCUT2D eigenvalue weighted by Gasteiger charge is 2.14. The number of carbonyl (C=O) groups is 2. The Morgan fingerprint density at radius 3 is 1.31 bits per heavy atom. The largest absolute Gasteiger partial charge is 0.481 e. The highest BCUT2D eigenvalue weighted by molar-refractivity contribution is 5.69. The van der Waals surface area contributed by atoms with Gasteiger partial charge in [0.15, 0.2) is 0 Å². The summed E-state index contributed by atoms with van der Waals surface area (Å²) < 4.78 is 5.92. The number of aliphatic carboxylic acids is 1. The number of carbonyl (C=O) groups excluding carboxylic acids is 1. The lowest BCUT2D eigenvalue weighted by Crippen LogP contribution is -2.18. The van der Waals surface area contributed by atoms with Gasteiger partial charge in [-0.1, -0.05) is 148 Å². The number of hydrogen-bond donors (Lipinski definition) is 1. The van der Waals surface area contributed by atoms with E-state index in [1.165, 1.54) is 135 Å². The number of unbranched alkanes of at least 4 members (excludes halogenated alkanes) is 23. The van der Waals surface area contributed by atoms with Gasteiger partial charge in [-0.2, -0.15) is 0 Å². The molecule has 0 heterocycles. The number of hydrogen-bond acceptors (Lipinski definition) is 3. The molecule has 0 bridgehead atoms. The average molecular weight is 593 g/mol. The molecule has 0 aliphatic carbocycles. The molecule has 248 valence electrons. The van der Waals surface area contributed by atoms with Gasteiger partial charge in [0.1, 0.15) is 6.10 Å². The molecule has 0 aromatic heterocycles. The molecule has 0 spiro atoms. The van der Waals surface area contributed by atoms with Crippen molar-refractivity contribution in [1.82, 2.24) is 0 Å². The van der Waals surface area contributed by atoms with E-state index in [0.717, 1.165) is 44.9 Å². The lowest BCUT2D eigenvalue weighted by atomic mass is 10.0. The van der Waals surface area contributed by atoms with Crippen LogP contribution in [0.3, 0.4) is 0 Å². The molecule has 0 aromatic rings. The Kier molecular flexibility index (Phi) is 33.1. The van der Waals surface area contributed by atoms with Crippen molar-refractivity contribution in [1.29, 1.82) is 0 Å². The second-order valence-electron chi connectivity index (χ2n) is 12.8. The zero-order chi connectivity index (χ0) is 30.8. The standard InChI is InChI=1S/C38H72O4/c1-3-5-7-9-11-13-14-15-16-17-18-19-20-22-24-26-31-35-38(41)42-36(33-29-27-30-34-37(39)40)32-28-25-23-21-12-10-8-6-4-2/h15-16,36H,3-14,17-35H2,1-2H3,(H,39,40)/b16-15-. The monoisotopic (exact) mass is 593 g/mol. The topological polar surface area (TPSA) is 63.6 Å². The highest BCUT2D eigenvalue weighted by atomic mass is 16.5. The second-order valence-corrected chi connectivity index (χ2v) is 12.8. The molecule has 1 N–H and O–H groups in total. The van der Waals surface area contributed by atoms with Crippen LogP contribution in [-0.4, -0.2) is 23.1 Å². The molecule has 1 unspecified atom stereocenters. The van der Waals surface area contributed by atoms with Crippen LogP contribution < -0.4 is 0 Å². The smallest absolute Gasteiger partial charge is 0.306 e. The SMILES string of the molecule is CCCCCCCC/C=C\CCCCCCCCCC(=O)OC(CCCCCCCCCCC)CCCCCC(=O)O. The first-order valence-corrected chi connectivity index (χ1v) is 18.7. The van der Waals surface area contributed by atoms with Gasteiger partial charge in [0.25, 0.3) is 0 Å². The van der Waals surface area contributed by atoms with Gasteiger partial charge in [-0.05, 0) is 64.2 Å². The van der Waals surface area contributed by atoms with E-state index in [-0.39, 0.29) is 18.5 Å². The summed E-state index contributed by atoms with van der Waals surface area (Å²) in [5.74, 6) is -0.756. The normalized spacial score (nSPS) is 12.2. The van der Waals surface area contributed by atoms with Crippen molar-refractivity contribution in [3.8, 4) is 0 Å². The summed E-state index contributed by atoms with van der Waals surface area (Å²) in [6.07, 6.45) is 40.8. The zero-order valence-electron chi connectivity index (χ0n) is 28.3. The lowest BCUT2D eigenvalue weighted by molar-refractivity contribution is -0.150. The summed E-state index contributed by atoms with van der Waals surface area (Å²) in [7, 11) is 0. The third kappa shape index (κ3) is 33.2. The molecule has 0 aliphatic heterocycles. The first-order chi connectivity index (χ1) is 20.6. The third-order valence-corrected chi connectivity index (χ3v) is 8.49. The molecule has 0 aromatic carbocycles. The molecular weight excluding hydrogens is 520 g/mol. The molecule has 0 aliphatic rings. The van der Waals surface area contributed by atoms with Crippen LogP contribution in [0.15, 0.2) is 12.2 Å². The summed E-state index contributed by atoms with van der Waals surface area (Å²) in [6, 6.07) is 0. The van der Waals surface area contributed by atoms with Gasteiger partial charge in [0.05, 0.1) is 0 Å². The Balaban J connectivity index is 3.87. The van der Waals surface area contributed by atoms with E-state index in [2.05, 4.69) is 26.0 Å². The molecule has 4 heteroatoms. The van der Waals surface area contributed by atoms with Crippen molar-refractivity contribution < 1.29 is 19.4 Å². The molecule has 0 fully saturated rings. The van der Waals surface area contributed by atoms with E-state index in [1.54, 1.807) is 0 Å². The summed E-state index contributed by atoms with van der Waals surface area (Å²) in [5.41, 5.74) is 0. The number of rotatable bonds is 34. The summed E-state index contributed by atoms with van der Waals surface area (Å²) in [6.45, 7) is 4.53. The Morgan fingerprint density at radius 1 is 0.500 bits per heavy atom. The van der Waals surface area contributed by atoms with E-state index < -0.39 is 5.97 Å². The van der Waals surface area contributed by atoms with Gasteiger partial charge in [-0.15, -0.1) is 0 Å². The van der Waals surface area contributed by atoms with Crippen LogP contribution in [0.4, 0.5) is 0 Å². The maximum absolute atomic E-state index is 12.5. The van der Waals surface area contributed by atoms with Gasteiger partial charge in [-0.25, -0.2) is 0 Å². The summed E-state index contributed by atoms with van der Waals surface area (Å²) in [4.78, 5) is 23.3. The Bertz CT molecular complexity index is 600. The van der Waals surface area contributed by atoms with Crippen LogP contribution in [0.2, 0.25) is 0 Å². The number of esters is 1. The van der Waals surface area contributed by atoms with Crippen molar-refractivity contribution >= 4 is 11.9 Å². The maximum Gasteiger partial charge on any atom is 0.306 e. The molecular formula is C38H72O4. The van der Waals surface area contributed by atoms with Crippen molar-refractivity contribution in [2.75, 3.05) is 0 Å². The van der Waals surface area contributed by atoms with E-state index in [4.69, 9.17) is 9.84 Å². The van der Waals surface area contributed by atoms with Crippen molar-refractivity contribution in [2.45, 2.75) is 219 Å². The van der Waals surface area contributed by atoms with Gasteiger partial charge < -0.3 is 9.84 Å². The van der Waals surface area contributed by atoms with Gasteiger partial charge in [0.2, 0.25) is 0 Å². The number of carboxylic acid groups (broad SMARTS) is 1. The van der Waals surface area contributed by atoms with Crippen LogP contribution in [0.5, 0.6) is 0 Å². The van der Waals surface area contributed by atoms with Crippen LogP contribution in [0, 0.1) is 0 Å². The van der Waals surface area contributed by atoms with Gasteiger partial charge in [-0.3, -0.25) is 9.59 Å². The van der Waals surface area contributed by atoms with Crippen LogP contribution >= 0.6 is 0 Å². The van der Waals surface area contributed by atoms with E-state index in [0.29, 0.717) is 12.8 Å². The predicted molar refractivity (Wildman–Crippen MR) is 181 cm³/mol. The minimum atomic E-state index is -0.723. The minimum absolute atomic E-state index is 0.00623. The van der Waals surface area contributed by atoms with E-state index in [1.807, 2.05) is 0 Å². The van der Waals surface area contributed by atoms with Gasteiger partial charge in [0, 0.05) is 12.8 Å². The fourth-order valence-corrected chi connectivity index (χ4v) is 5.71. The van der Waals surface area contributed by atoms with E-state index in [9.17, 15) is 9.59 Å². The van der Waals surface area contributed by atoms with Crippen LogP contribution in [-0.2, 0) is 14.3 Å². The Labute approximate surface area is 262 Å². The Morgan fingerprint density at radius 2 is 0.857 bits per heavy atom. The molecule has 0 saturated heterocycles. The quantitative estimate of drug-likeness (QED) is 0.0458. The molecule has 1 atom stereocenters. The molecule has 0 rings (SSSR count). The minimum Gasteiger partial charge on any atom is -0.481 e. The zero-order valence-corrected chi connectivity index (χ0v) is 28.3. The fraction of sp³-hybridized carbons (Fsp3) is 0.895. The lowest BCUT2D eigenvalue weighted by Gasteiger charge is -2.18. The average Bonchev–Trinajstić information content (AvgIpc) is 2.97. The van der Waals surface area contributed by atoms with Crippen LogP contribution in [0.1, 0.15) is 213 Å². The van der Waals surface area contributed by atoms with Crippen LogP contribution in [0.25, 0.3) is 0 Å². The first kappa shape index (κ1) is 40.7. The number of ether oxygens (including phenoxy) is 1. The number of allylic oxidation sites excluding steroid dienone is 2. The second kappa shape index (κ2) is 34.2. The van der Waals surface area contributed by atoms with Crippen molar-refractivity contribution in [3.05, 3.63) is 12.2 Å². The van der Waals surface area contributed by atoms with E-state index >= 15 is 0 Å². The van der Waals surface area contributed by atoms with Gasteiger partial charge >= 0.3 is 11.9 Å². The molecule has 0 radical (unpaired) electrons. The molecule has 0 amide bonds. The molecule has 4 nitrogen and oxygen atoms in total. The maximum atomic E-state index is 12.5. The third-order valence-electron chi connectivity index (χ3n) is 8.49. The summed E-state index contributed by atoms with van der Waals surface area (Å²) in [5, 5.41) is 8.86. The first-order valence-electron chi connectivity index (χ1n) is 18.7. The number of carboxylic acids is 1. The fourth-order valence-electron chi connectivity index (χ4n) is 5.71. The molecule has 0 saturated carbocycles. The van der Waals surface area contributed by atoms with Crippen molar-refractivity contribution in [2.24, 2.45) is 0 Å². The predicted octanol–water partition coefficient (Wildman–Crippen LogP) is 12.7. The van der Waals surface area contributed by atoms with Crippen molar-refractivity contribution in [3.63, 3.8) is 0 Å². The highest BCUT2D eigenvalue weighted by Crippen LogP contribution is 2.18. The molecule has 42 heavy (non-hydrogen) atoms. The summed E-state index contributed by atoms with van der Waals surface area (Å²) >= 11 is 0.